The van der Waals surface area contributed by atoms with Crippen molar-refractivity contribution >= 4 is 34.8 Å². The number of halogens is 2. The number of carbonyl (C=O) groups is 1. The minimum atomic E-state index is -0.0594. The van der Waals surface area contributed by atoms with Crippen LogP contribution < -0.4 is 19.9 Å². The predicted molar refractivity (Wildman–Crippen MR) is 108 cm³/mol. The van der Waals surface area contributed by atoms with Gasteiger partial charge in [-0.3, -0.25) is 4.79 Å². The Bertz CT molecular complexity index is 730. The van der Waals surface area contributed by atoms with Gasteiger partial charge in [0.15, 0.2) is 6.54 Å². The number of quaternary nitrogens is 2. The number of anilines is 1. The van der Waals surface area contributed by atoms with Gasteiger partial charge in [-0.05, 0) is 24.3 Å². The maximum absolute atomic E-state index is 12.3. The van der Waals surface area contributed by atoms with Crippen LogP contribution in [0.25, 0.3) is 0 Å². The van der Waals surface area contributed by atoms with Gasteiger partial charge in [-0.1, -0.05) is 47.5 Å². The second kappa shape index (κ2) is 9.95. The molecule has 1 heterocycles. The number of hydrogen-bond donors (Lipinski definition) is 3. The van der Waals surface area contributed by atoms with E-state index < -0.39 is 0 Å². The minimum absolute atomic E-state index is 0.0594. The molecule has 144 valence electrons. The molecule has 7 heteroatoms. The van der Waals surface area contributed by atoms with Crippen LogP contribution in [0.2, 0.25) is 10.0 Å². The van der Waals surface area contributed by atoms with Gasteiger partial charge in [0.2, 0.25) is 0 Å². The van der Waals surface area contributed by atoms with E-state index in [1.165, 1.54) is 9.80 Å². The molecule has 0 aromatic heterocycles. The summed E-state index contributed by atoms with van der Waals surface area (Å²) >= 11 is 12.2. The van der Waals surface area contributed by atoms with E-state index in [1.807, 2.05) is 30.3 Å². The SMILES string of the molecule is O=C(C[NH+]1CC[NH+](CCOc2ccccc2)CC1)Nc1c(Cl)cccc1Cl. The first-order valence-corrected chi connectivity index (χ1v) is 9.96. The van der Waals surface area contributed by atoms with Crippen molar-refractivity contribution < 1.29 is 19.3 Å². The third-order valence-electron chi connectivity index (χ3n) is 4.77. The number of nitrogens with one attached hydrogen (secondary N) is 3. The molecule has 3 rings (SSSR count). The van der Waals surface area contributed by atoms with Gasteiger partial charge >= 0.3 is 0 Å². The summed E-state index contributed by atoms with van der Waals surface area (Å²) in [5.41, 5.74) is 0.493. The van der Waals surface area contributed by atoms with Gasteiger partial charge < -0.3 is 19.9 Å². The maximum Gasteiger partial charge on any atom is 0.279 e. The van der Waals surface area contributed by atoms with E-state index in [0.29, 0.717) is 28.9 Å². The number of amides is 1. The molecule has 1 amide bonds. The van der Waals surface area contributed by atoms with Crippen molar-refractivity contribution in [2.45, 2.75) is 0 Å². The fourth-order valence-corrected chi connectivity index (χ4v) is 3.73. The predicted octanol–water partition coefficient (Wildman–Crippen LogP) is 0.794. The van der Waals surface area contributed by atoms with Crippen molar-refractivity contribution in [3.05, 3.63) is 58.6 Å². The van der Waals surface area contributed by atoms with E-state index in [9.17, 15) is 4.79 Å². The van der Waals surface area contributed by atoms with E-state index in [0.717, 1.165) is 38.5 Å². The zero-order valence-electron chi connectivity index (χ0n) is 15.1. The molecule has 2 aromatic carbocycles. The highest BCUT2D eigenvalue weighted by atomic mass is 35.5. The monoisotopic (exact) mass is 409 g/mol. The lowest BCUT2D eigenvalue weighted by molar-refractivity contribution is -1.01. The van der Waals surface area contributed by atoms with E-state index >= 15 is 0 Å². The van der Waals surface area contributed by atoms with Gasteiger partial charge in [-0.15, -0.1) is 0 Å². The Kier molecular flexibility index (Phi) is 7.35. The Balaban J connectivity index is 1.37. The Morgan fingerprint density at radius 1 is 0.926 bits per heavy atom. The topological polar surface area (TPSA) is 47.2 Å². The van der Waals surface area contributed by atoms with E-state index in [2.05, 4.69) is 5.32 Å². The largest absolute Gasteiger partial charge is 0.488 e. The van der Waals surface area contributed by atoms with Gasteiger partial charge in [-0.2, -0.15) is 0 Å². The third kappa shape index (κ3) is 6.11. The Labute approximate surface area is 169 Å². The molecule has 2 aromatic rings. The van der Waals surface area contributed by atoms with Crippen LogP contribution in [-0.4, -0.2) is 51.8 Å². The van der Waals surface area contributed by atoms with Crippen molar-refractivity contribution in [1.29, 1.82) is 0 Å². The van der Waals surface area contributed by atoms with Crippen LogP contribution in [-0.2, 0) is 4.79 Å². The smallest absolute Gasteiger partial charge is 0.279 e. The van der Waals surface area contributed by atoms with Gasteiger partial charge in [0.25, 0.3) is 5.91 Å². The van der Waals surface area contributed by atoms with Crippen molar-refractivity contribution in [3.8, 4) is 5.75 Å². The van der Waals surface area contributed by atoms with Gasteiger partial charge in [0.1, 0.15) is 45.1 Å². The molecule has 5 nitrogen and oxygen atoms in total. The molecule has 0 bridgehead atoms. The zero-order valence-corrected chi connectivity index (χ0v) is 16.7. The molecule has 0 atom stereocenters. The molecule has 0 aliphatic carbocycles. The lowest BCUT2D eigenvalue weighted by Gasteiger charge is -2.29. The van der Waals surface area contributed by atoms with Gasteiger partial charge in [0, 0.05) is 0 Å². The van der Waals surface area contributed by atoms with Gasteiger partial charge in [0.05, 0.1) is 15.7 Å². The number of ether oxygens (including phenoxy) is 1. The molecular weight excluding hydrogens is 385 g/mol. The summed E-state index contributed by atoms with van der Waals surface area (Å²) in [7, 11) is 0. The standard InChI is InChI=1S/C20H23Cl2N3O2/c21-17-7-4-8-18(22)20(17)23-19(26)15-25-11-9-24(10-12-25)13-14-27-16-5-2-1-3-6-16/h1-8H,9-15H2,(H,23,26)/p+2. The summed E-state index contributed by atoms with van der Waals surface area (Å²) < 4.78 is 5.77. The number of para-hydroxylation sites is 2. The van der Waals surface area contributed by atoms with Crippen molar-refractivity contribution in [2.24, 2.45) is 0 Å². The first-order valence-electron chi connectivity index (χ1n) is 9.20. The van der Waals surface area contributed by atoms with Crippen LogP contribution in [0.1, 0.15) is 0 Å². The highest BCUT2D eigenvalue weighted by Crippen LogP contribution is 2.29. The van der Waals surface area contributed by atoms with E-state index in [4.69, 9.17) is 27.9 Å². The second-order valence-electron chi connectivity index (χ2n) is 6.73. The van der Waals surface area contributed by atoms with Crippen molar-refractivity contribution in [1.82, 2.24) is 0 Å². The Morgan fingerprint density at radius 2 is 1.56 bits per heavy atom. The molecule has 0 unspecified atom stereocenters. The minimum Gasteiger partial charge on any atom is -0.488 e. The average molecular weight is 410 g/mol. The highest BCUT2D eigenvalue weighted by Gasteiger charge is 2.25. The maximum atomic E-state index is 12.3. The van der Waals surface area contributed by atoms with Crippen LogP contribution in [0.15, 0.2) is 48.5 Å². The molecule has 0 saturated carbocycles. The lowest BCUT2D eigenvalue weighted by atomic mass is 10.3. The summed E-state index contributed by atoms with van der Waals surface area (Å²) in [4.78, 5) is 15.1. The summed E-state index contributed by atoms with van der Waals surface area (Å²) in [6.07, 6.45) is 0. The summed E-state index contributed by atoms with van der Waals surface area (Å²) in [5.74, 6) is 0.854. The Hall–Kier alpha value is -1.79. The Morgan fingerprint density at radius 3 is 2.22 bits per heavy atom. The second-order valence-corrected chi connectivity index (χ2v) is 7.55. The molecule has 0 radical (unpaired) electrons. The van der Waals surface area contributed by atoms with Crippen molar-refractivity contribution in [2.75, 3.05) is 51.2 Å². The molecule has 1 saturated heterocycles. The molecule has 1 aliphatic heterocycles. The zero-order chi connectivity index (χ0) is 19.1. The fourth-order valence-electron chi connectivity index (χ4n) is 3.24. The fraction of sp³-hybridized carbons (Fsp3) is 0.350. The summed E-state index contributed by atoms with van der Waals surface area (Å²) in [5, 5.41) is 3.75. The highest BCUT2D eigenvalue weighted by molar-refractivity contribution is 6.39. The number of rotatable bonds is 7. The molecule has 1 aliphatic rings. The number of benzene rings is 2. The first kappa shape index (κ1) is 20.0. The van der Waals surface area contributed by atoms with Crippen LogP contribution >= 0.6 is 23.2 Å². The normalized spacial score (nSPS) is 19.5. The van der Waals surface area contributed by atoms with Crippen LogP contribution in [0, 0.1) is 0 Å². The number of hydrogen-bond acceptors (Lipinski definition) is 2. The lowest BCUT2D eigenvalue weighted by Crippen LogP contribution is -3.28. The molecule has 27 heavy (non-hydrogen) atoms. The molecule has 1 fully saturated rings. The van der Waals surface area contributed by atoms with Crippen LogP contribution in [0.3, 0.4) is 0 Å². The molecular formula is C20H25Cl2N3O2+2. The number of piperazine rings is 1. The summed E-state index contributed by atoms with van der Waals surface area (Å²) in [6, 6.07) is 15.1. The molecule has 3 N–H and O–H groups in total. The van der Waals surface area contributed by atoms with Crippen molar-refractivity contribution in [3.63, 3.8) is 0 Å². The molecule has 0 spiro atoms. The van der Waals surface area contributed by atoms with E-state index in [1.54, 1.807) is 18.2 Å². The van der Waals surface area contributed by atoms with E-state index in [-0.39, 0.29) is 5.91 Å². The third-order valence-corrected chi connectivity index (χ3v) is 5.40. The number of carbonyl (C=O) groups excluding carboxylic acids is 1. The summed E-state index contributed by atoms with van der Waals surface area (Å²) in [6.45, 7) is 6.11. The van der Waals surface area contributed by atoms with Crippen LogP contribution in [0.5, 0.6) is 5.75 Å². The first-order chi connectivity index (χ1) is 13.1. The average Bonchev–Trinajstić information content (AvgIpc) is 2.67. The quantitative estimate of drug-likeness (QED) is 0.633. The van der Waals surface area contributed by atoms with Crippen LogP contribution in [0.4, 0.5) is 5.69 Å². The van der Waals surface area contributed by atoms with Gasteiger partial charge in [-0.25, -0.2) is 0 Å².